The Kier molecular flexibility index (Phi) is 7.31. The Hall–Kier alpha value is -5.04. The molecule has 0 saturated heterocycles. The van der Waals surface area contributed by atoms with Crippen molar-refractivity contribution in [2.45, 2.75) is 13.8 Å². The van der Waals surface area contributed by atoms with Gasteiger partial charge in [-0.3, -0.25) is 0 Å². The van der Waals surface area contributed by atoms with Crippen molar-refractivity contribution in [3.8, 4) is 16.8 Å². The minimum Gasteiger partial charge on any atom is -0.504 e. The second-order valence-electron chi connectivity index (χ2n) is 12.6. The van der Waals surface area contributed by atoms with E-state index in [0.29, 0.717) is 0 Å². The van der Waals surface area contributed by atoms with Gasteiger partial charge in [0.25, 0.3) is 0 Å². The topological polar surface area (TPSA) is 17.9 Å². The Balaban J connectivity index is 0.00000336. The summed E-state index contributed by atoms with van der Waals surface area (Å²) in [5, 5.41) is 2.55. The summed E-state index contributed by atoms with van der Waals surface area (Å²) in [5.74, 6) is 0. The number of benzene rings is 6. The summed E-state index contributed by atoms with van der Waals surface area (Å²) in [6, 6.07) is 47.6. The largest absolute Gasteiger partial charge is 0.504 e. The molecule has 0 amide bonds. The first kappa shape index (κ1) is 30.3. The Morgan fingerprint density at radius 2 is 0.938 bits per heavy atom. The zero-order valence-electron chi connectivity index (χ0n) is 27.3. The average molecular weight is 799 g/mol. The van der Waals surface area contributed by atoms with Gasteiger partial charge >= 0.3 is 0 Å². The van der Waals surface area contributed by atoms with E-state index in [2.05, 4.69) is 193 Å². The van der Waals surface area contributed by atoms with Crippen molar-refractivity contribution in [2.75, 3.05) is 33.7 Å². The minimum absolute atomic E-state index is 0. The van der Waals surface area contributed by atoms with Gasteiger partial charge in [0.1, 0.15) is 0 Å². The summed E-state index contributed by atoms with van der Waals surface area (Å²) in [6.45, 7) is 8.80. The van der Waals surface area contributed by atoms with E-state index in [9.17, 15) is 0 Å². The van der Waals surface area contributed by atoms with Gasteiger partial charge < -0.3 is 24.2 Å². The van der Waals surface area contributed by atoms with Crippen LogP contribution in [0.5, 0.6) is 0 Å². The Labute approximate surface area is 295 Å². The third-order valence-electron chi connectivity index (χ3n) is 9.62. The summed E-state index contributed by atoms with van der Waals surface area (Å²) in [6.07, 6.45) is 0. The van der Waals surface area contributed by atoms with Gasteiger partial charge in [0.15, 0.2) is 0 Å². The fraction of sp³-hybridized carbons (Fsp3) is 0.0952. The van der Waals surface area contributed by atoms with Crippen LogP contribution in [0.25, 0.3) is 38.6 Å². The molecule has 0 radical (unpaired) electrons. The van der Waals surface area contributed by atoms with Gasteiger partial charge in [0.05, 0.1) is 11.0 Å². The molecule has 7 aromatic rings. The van der Waals surface area contributed by atoms with E-state index >= 15 is 0 Å². The van der Waals surface area contributed by atoms with Crippen LogP contribution >= 0.6 is 0 Å². The van der Waals surface area contributed by atoms with E-state index in [-0.39, 0.29) is 19.8 Å². The van der Waals surface area contributed by atoms with Gasteiger partial charge in [-0.2, -0.15) is 13.3 Å². The molecule has 6 aromatic carbocycles. The van der Waals surface area contributed by atoms with Crippen molar-refractivity contribution in [3.63, 3.8) is 0 Å². The van der Waals surface area contributed by atoms with Crippen LogP contribution in [0.3, 0.4) is 0 Å². The first-order valence-corrected chi connectivity index (χ1v) is 16.1. The quantitative estimate of drug-likeness (QED) is 0.165. The Morgan fingerprint density at radius 1 is 0.521 bits per heavy atom. The second-order valence-corrected chi connectivity index (χ2v) is 12.6. The SMILES string of the molecule is Cc1cc(-n2c3ccccc3c3ccccc32)cc(C)c1-c1cc(N2[CH-]N(C)c3ccccc32)[c-]c(N2[CH-]N(C)c3ccccc32)c1.[Os]. The monoisotopic (exact) mass is 800 g/mol. The normalized spacial score (nSPS) is 13.8. The molecule has 238 valence electrons. The van der Waals surface area contributed by atoms with Crippen LogP contribution in [0.4, 0.5) is 34.1 Å². The minimum atomic E-state index is 0. The number of hydrogen-bond acceptors (Lipinski definition) is 4. The van der Waals surface area contributed by atoms with Crippen LogP contribution < -0.4 is 19.6 Å². The number of nitrogens with zero attached hydrogens (tertiary/aromatic N) is 5. The van der Waals surface area contributed by atoms with Crippen molar-refractivity contribution < 1.29 is 19.8 Å². The van der Waals surface area contributed by atoms with Crippen LogP contribution in [0, 0.1) is 33.3 Å². The van der Waals surface area contributed by atoms with E-state index in [4.69, 9.17) is 0 Å². The molecular formula is C42H34N5Os-3. The standard InChI is InChI=1S/C42H34N5.Os/c1-28-21-33(47-36-15-7-5-13-34(36)35-14-6-8-16-37(35)47)22-29(2)42(28)30-23-31(45-26-43(3)38-17-9-11-19-40(38)45)25-32(24-30)46-27-44(4)39-18-10-12-20-41(39)46;/h5-24,26-27H,1-4H3;/q-3;. The zero-order chi connectivity index (χ0) is 31.8. The Bertz CT molecular complexity index is 2200. The fourth-order valence-corrected chi connectivity index (χ4v) is 7.58. The van der Waals surface area contributed by atoms with Gasteiger partial charge in [-0.15, -0.1) is 35.1 Å². The summed E-state index contributed by atoms with van der Waals surface area (Å²) in [5.41, 5.74) is 15.1. The van der Waals surface area contributed by atoms with E-state index in [1.54, 1.807) is 0 Å². The summed E-state index contributed by atoms with van der Waals surface area (Å²) in [4.78, 5) is 8.87. The molecule has 9 rings (SSSR count). The molecule has 5 nitrogen and oxygen atoms in total. The molecule has 0 saturated carbocycles. The molecule has 0 aliphatic carbocycles. The molecule has 2 aliphatic heterocycles. The number of fused-ring (bicyclic) bond motifs is 5. The molecule has 0 unspecified atom stereocenters. The van der Waals surface area contributed by atoms with Gasteiger partial charge in [-0.05, 0) is 93.2 Å². The zero-order valence-corrected chi connectivity index (χ0v) is 29.8. The van der Waals surface area contributed by atoms with Crippen LogP contribution in [-0.4, -0.2) is 18.7 Å². The Morgan fingerprint density at radius 3 is 1.42 bits per heavy atom. The summed E-state index contributed by atoms with van der Waals surface area (Å²) >= 11 is 0. The maximum absolute atomic E-state index is 3.81. The van der Waals surface area contributed by atoms with E-state index in [1.807, 2.05) is 0 Å². The van der Waals surface area contributed by atoms with Gasteiger partial charge in [-0.25, -0.2) is 0 Å². The number of hydrogen-bond donors (Lipinski definition) is 0. The molecule has 0 atom stereocenters. The average Bonchev–Trinajstić information content (AvgIpc) is 3.73. The first-order chi connectivity index (χ1) is 23.0. The maximum atomic E-state index is 3.81. The van der Waals surface area contributed by atoms with Crippen molar-refractivity contribution in [1.82, 2.24) is 4.57 Å². The van der Waals surface area contributed by atoms with Crippen molar-refractivity contribution in [2.24, 2.45) is 0 Å². The first-order valence-electron chi connectivity index (χ1n) is 16.1. The molecule has 2 aliphatic rings. The smallest absolute Gasteiger partial charge is 0.0541 e. The third kappa shape index (κ3) is 4.62. The molecule has 1 aromatic heterocycles. The fourth-order valence-electron chi connectivity index (χ4n) is 7.58. The molecule has 6 heteroatoms. The number of rotatable bonds is 4. The molecule has 0 spiro atoms. The predicted molar refractivity (Wildman–Crippen MR) is 197 cm³/mol. The van der Waals surface area contributed by atoms with Gasteiger partial charge in [-0.1, -0.05) is 60.7 Å². The molecule has 0 fully saturated rings. The van der Waals surface area contributed by atoms with Crippen molar-refractivity contribution in [1.29, 1.82) is 0 Å². The van der Waals surface area contributed by atoms with E-state index in [1.165, 1.54) is 61.1 Å². The molecule has 48 heavy (non-hydrogen) atoms. The van der Waals surface area contributed by atoms with Gasteiger partial charge in [0, 0.05) is 59.0 Å². The number of anilines is 6. The number of aryl methyl sites for hydroxylation is 2. The van der Waals surface area contributed by atoms with Gasteiger partial charge in [0.2, 0.25) is 0 Å². The van der Waals surface area contributed by atoms with E-state index in [0.717, 1.165) is 22.7 Å². The summed E-state index contributed by atoms with van der Waals surface area (Å²) in [7, 11) is 4.20. The molecule has 0 bridgehead atoms. The van der Waals surface area contributed by atoms with Crippen LogP contribution in [-0.2, 0) is 19.8 Å². The maximum Gasteiger partial charge on any atom is 0.0541 e. The van der Waals surface area contributed by atoms with Crippen molar-refractivity contribution in [3.05, 3.63) is 152 Å². The van der Waals surface area contributed by atoms with Crippen LogP contribution in [0.2, 0.25) is 0 Å². The molecule has 3 heterocycles. The van der Waals surface area contributed by atoms with Crippen LogP contribution in [0.1, 0.15) is 11.1 Å². The summed E-state index contributed by atoms with van der Waals surface area (Å²) < 4.78 is 2.40. The van der Waals surface area contributed by atoms with E-state index < -0.39 is 0 Å². The van der Waals surface area contributed by atoms with Crippen LogP contribution in [0.15, 0.2) is 121 Å². The number of aromatic nitrogens is 1. The molecular weight excluding hydrogens is 765 g/mol. The van der Waals surface area contributed by atoms with Crippen molar-refractivity contribution >= 4 is 55.9 Å². The molecule has 0 N–H and O–H groups in total. The second kappa shape index (κ2) is 11.6. The third-order valence-corrected chi connectivity index (χ3v) is 9.62. The predicted octanol–water partition coefficient (Wildman–Crippen LogP) is 10.3. The number of para-hydroxylation sites is 6.